The maximum absolute atomic E-state index is 3.47. The number of likely N-dealkylation sites (N-methyl/N-ethyl adjacent to an activating group) is 1. The van der Waals surface area contributed by atoms with Gasteiger partial charge in [-0.1, -0.05) is 26.0 Å². The largest absolute Gasteiger partial charge is 0.370 e. The van der Waals surface area contributed by atoms with Gasteiger partial charge < -0.3 is 10.2 Å². The Kier molecular flexibility index (Phi) is 3.96. The SMILES string of the molecule is CNC1(C)CCCN(c2ccc(C(C)C)cc2)C1. The maximum Gasteiger partial charge on any atom is 0.0367 e. The first-order chi connectivity index (χ1) is 8.54. The Bertz CT molecular complexity index is 383. The van der Waals surface area contributed by atoms with Crippen LogP contribution in [0.2, 0.25) is 0 Å². The van der Waals surface area contributed by atoms with E-state index in [-0.39, 0.29) is 5.54 Å². The first kappa shape index (κ1) is 13.4. The Hall–Kier alpha value is -1.02. The third kappa shape index (κ3) is 2.86. The zero-order chi connectivity index (χ0) is 13.2. The highest BCUT2D eigenvalue weighted by Gasteiger charge is 2.29. The summed E-state index contributed by atoms with van der Waals surface area (Å²) in [6, 6.07) is 9.09. The summed E-state index contributed by atoms with van der Waals surface area (Å²) in [7, 11) is 2.07. The molecular weight excluding hydrogens is 220 g/mol. The summed E-state index contributed by atoms with van der Waals surface area (Å²) in [5.74, 6) is 0.614. The number of anilines is 1. The summed E-state index contributed by atoms with van der Waals surface area (Å²) in [6.45, 7) is 9.09. The normalized spacial score (nSPS) is 24.6. The van der Waals surface area contributed by atoms with Gasteiger partial charge in [-0.25, -0.2) is 0 Å². The quantitative estimate of drug-likeness (QED) is 0.879. The fraction of sp³-hybridized carbons (Fsp3) is 0.625. The molecule has 0 aromatic heterocycles. The van der Waals surface area contributed by atoms with Crippen LogP contribution in [0, 0.1) is 0 Å². The molecule has 1 N–H and O–H groups in total. The minimum Gasteiger partial charge on any atom is -0.370 e. The van der Waals surface area contributed by atoms with Crippen molar-refractivity contribution in [1.29, 1.82) is 0 Å². The van der Waals surface area contributed by atoms with Crippen molar-refractivity contribution in [2.24, 2.45) is 0 Å². The molecule has 1 atom stereocenters. The Morgan fingerprint density at radius 2 is 1.89 bits per heavy atom. The van der Waals surface area contributed by atoms with Gasteiger partial charge in [-0.15, -0.1) is 0 Å². The molecule has 2 rings (SSSR count). The van der Waals surface area contributed by atoms with Crippen LogP contribution in [0.4, 0.5) is 5.69 Å². The van der Waals surface area contributed by atoms with E-state index in [4.69, 9.17) is 0 Å². The lowest BCUT2D eigenvalue weighted by molar-refractivity contribution is 0.316. The van der Waals surface area contributed by atoms with Crippen LogP contribution in [-0.2, 0) is 0 Å². The van der Waals surface area contributed by atoms with Crippen molar-refractivity contribution in [2.75, 3.05) is 25.0 Å². The standard InChI is InChI=1S/C16H26N2/c1-13(2)14-6-8-15(9-7-14)18-11-5-10-16(3,12-18)17-4/h6-9,13,17H,5,10-12H2,1-4H3. The molecule has 0 aliphatic carbocycles. The average Bonchev–Trinajstić information content (AvgIpc) is 2.39. The number of nitrogens with one attached hydrogen (secondary N) is 1. The zero-order valence-corrected chi connectivity index (χ0v) is 12.2. The molecule has 1 aromatic carbocycles. The summed E-state index contributed by atoms with van der Waals surface area (Å²) in [5.41, 5.74) is 3.04. The fourth-order valence-electron chi connectivity index (χ4n) is 2.73. The third-order valence-corrected chi connectivity index (χ3v) is 4.22. The highest BCUT2D eigenvalue weighted by Crippen LogP contribution is 2.26. The van der Waals surface area contributed by atoms with Gasteiger partial charge in [-0.2, -0.15) is 0 Å². The highest BCUT2D eigenvalue weighted by molar-refractivity contribution is 5.49. The van der Waals surface area contributed by atoms with Crippen molar-refractivity contribution in [2.45, 2.75) is 45.1 Å². The van der Waals surface area contributed by atoms with Gasteiger partial charge in [0.2, 0.25) is 0 Å². The molecule has 1 heterocycles. The average molecular weight is 246 g/mol. The van der Waals surface area contributed by atoms with Gasteiger partial charge in [0.05, 0.1) is 0 Å². The number of nitrogens with zero attached hydrogens (tertiary/aromatic N) is 1. The van der Waals surface area contributed by atoms with E-state index >= 15 is 0 Å². The van der Waals surface area contributed by atoms with Crippen LogP contribution in [0.1, 0.15) is 45.1 Å². The molecule has 0 radical (unpaired) electrons. The van der Waals surface area contributed by atoms with Crippen molar-refractivity contribution in [1.82, 2.24) is 5.32 Å². The summed E-state index contributed by atoms with van der Waals surface area (Å²) in [5, 5.41) is 3.47. The van der Waals surface area contributed by atoms with Crippen LogP contribution in [0.5, 0.6) is 0 Å². The van der Waals surface area contributed by atoms with Crippen molar-refractivity contribution in [3.05, 3.63) is 29.8 Å². The first-order valence-corrected chi connectivity index (χ1v) is 7.08. The van der Waals surface area contributed by atoms with Crippen LogP contribution < -0.4 is 10.2 Å². The predicted molar refractivity (Wildman–Crippen MR) is 79.4 cm³/mol. The Balaban J connectivity index is 2.11. The van der Waals surface area contributed by atoms with E-state index < -0.39 is 0 Å². The molecule has 18 heavy (non-hydrogen) atoms. The van der Waals surface area contributed by atoms with Crippen LogP contribution in [0.25, 0.3) is 0 Å². The van der Waals surface area contributed by atoms with E-state index in [0.717, 1.165) is 6.54 Å². The monoisotopic (exact) mass is 246 g/mol. The molecular formula is C16H26N2. The molecule has 0 spiro atoms. The predicted octanol–water partition coefficient (Wildman–Crippen LogP) is 3.39. The Morgan fingerprint density at radius 3 is 2.44 bits per heavy atom. The van der Waals surface area contributed by atoms with E-state index in [1.807, 2.05) is 0 Å². The van der Waals surface area contributed by atoms with Gasteiger partial charge in [0.25, 0.3) is 0 Å². The minimum absolute atomic E-state index is 0.259. The van der Waals surface area contributed by atoms with E-state index in [1.165, 1.54) is 30.6 Å². The molecule has 1 unspecified atom stereocenters. The lowest BCUT2D eigenvalue weighted by Gasteiger charge is -2.41. The van der Waals surface area contributed by atoms with E-state index in [2.05, 4.69) is 62.3 Å². The number of benzene rings is 1. The second-order valence-corrected chi connectivity index (χ2v) is 6.08. The maximum atomic E-state index is 3.47. The van der Waals surface area contributed by atoms with Crippen LogP contribution >= 0.6 is 0 Å². The molecule has 1 aliphatic rings. The molecule has 0 bridgehead atoms. The second-order valence-electron chi connectivity index (χ2n) is 6.08. The molecule has 0 saturated carbocycles. The zero-order valence-electron chi connectivity index (χ0n) is 12.2. The lowest BCUT2D eigenvalue weighted by Crippen LogP contribution is -2.53. The Morgan fingerprint density at radius 1 is 1.22 bits per heavy atom. The molecule has 2 heteroatoms. The van der Waals surface area contributed by atoms with Gasteiger partial charge >= 0.3 is 0 Å². The summed E-state index contributed by atoms with van der Waals surface area (Å²) in [4.78, 5) is 2.50. The van der Waals surface area contributed by atoms with Crippen molar-refractivity contribution >= 4 is 5.69 Å². The molecule has 1 saturated heterocycles. The highest BCUT2D eigenvalue weighted by atomic mass is 15.2. The van der Waals surface area contributed by atoms with E-state index in [0.29, 0.717) is 5.92 Å². The van der Waals surface area contributed by atoms with Crippen molar-refractivity contribution in [3.63, 3.8) is 0 Å². The van der Waals surface area contributed by atoms with Crippen LogP contribution in [0.3, 0.4) is 0 Å². The fourth-order valence-corrected chi connectivity index (χ4v) is 2.73. The van der Waals surface area contributed by atoms with Crippen molar-refractivity contribution in [3.8, 4) is 0 Å². The summed E-state index contributed by atoms with van der Waals surface area (Å²) < 4.78 is 0. The number of hydrogen-bond acceptors (Lipinski definition) is 2. The van der Waals surface area contributed by atoms with E-state index in [1.54, 1.807) is 0 Å². The van der Waals surface area contributed by atoms with Crippen molar-refractivity contribution < 1.29 is 0 Å². The first-order valence-electron chi connectivity index (χ1n) is 7.08. The summed E-state index contributed by atoms with van der Waals surface area (Å²) >= 11 is 0. The van der Waals surface area contributed by atoms with Gasteiger partial charge in [-0.3, -0.25) is 0 Å². The number of rotatable bonds is 3. The molecule has 1 aromatic rings. The topological polar surface area (TPSA) is 15.3 Å². The third-order valence-electron chi connectivity index (χ3n) is 4.22. The van der Waals surface area contributed by atoms with Crippen LogP contribution in [-0.4, -0.2) is 25.7 Å². The van der Waals surface area contributed by atoms with E-state index in [9.17, 15) is 0 Å². The number of hydrogen-bond donors (Lipinski definition) is 1. The molecule has 1 aliphatic heterocycles. The number of piperidine rings is 1. The molecule has 2 nitrogen and oxygen atoms in total. The van der Waals surface area contributed by atoms with Gasteiger partial charge in [-0.05, 0) is 50.4 Å². The van der Waals surface area contributed by atoms with Gasteiger partial charge in [0.1, 0.15) is 0 Å². The molecule has 0 amide bonds. The van der Waals surface area contributed by atoms with Gasteiger partial charge in [0.15, 0.2) is 0 Å². The lowest BCUT2D eigenvalue weighted by atomic mass is 9.91. The van der Waals surface area contributed by atoms with Crippen LogP contribution in [0.15, 0.2) is 24.3 Å². The minimum atomic E-state index is 0.259. The Labute approximate surface area is 111 Å². The molecule has 1 fully saturated rings. The smallest absolute Gasteiger partial charge is 0.0367 e. The molecule has 100 valence electrons. The van der Waals surface area contributed by atoms with Gasteiger partial charge in [0, 0.05) is 24.3 Å². The second kappa shape index (κ2) is 5.31. The summed E-state index contributed by atoms with van der Waals surface area (Å²) in [6.07, 6.45) is 2.54.